The molecule has 3 aromatic carbocycles. The smallest absolute Gasteiger partial charge is 0.194 e. The van der Waals surface area contributed by atoms with Crippen LogP contribution in [0, 0.1) is 20.8 Å². The fraction of sp³-hybridized carbons (Fsp3) is 0.130. The quantitative estimate of drug-likeness (QED) is 0.626. The summed E-state index contributed by atoms with van der Waals surface area (Å²) in [7, 11) is 0. The number of rotatable bonds is 4. The van der Waals surface area contributed by atoms with E-state index in [0.29, 0.717) is 22.3 Å². The summed E-state index contributed by atoms with van der Waals surface area (Å²) in [6.45, 7) is 5.69. The van der Waals surface area contributed by atoms with E-state index in [0.717, 1.165) is 16.7 Å². The molecule has 0 aliphatic heterocycles. The van der Waals surface area contributed by atoms with Crippen LogP contribution in [0.25, 0.3) is 0 Å². The third kappa shape index (κ3) is 3.16. The molecule has 0 N–H and O–H groups in total. The minimum absolute atomic E-state index is 0.104. The molecule has 0 unspecified atom stereocenters. The maximum absolute atomic E-state index is 13.2. The molecule has 0 atom stereocenters. The summed E-state index contributed by atoms with van der Waals surface area (Å²) in [6.07, 6.45) is 0. The van der Waals surface area contributed by atoms with Gasteiger partial charge in [0.1, 0.15) is 0 Å². The summed E-state index contributed by atoms with van der Waals surface area (Å²) >= 11 is 0. The predicted octanol–water partition coefficient (Wildman–Crippen LogP) is 5.07. The monoisotopic (exact) mass is 328 g/mol. The molecule has 3 aromatic rings. The average Bonchev–Trinajstić information content (AvgIpc) is 2.61. The average molecular weight is 328 g/mol. The SMILES string of the molecule is Cc1ccccc1C(=O)c1cccc(C)c1C(=O)c1ccccc1C. The van der Waals surface area contributed by atoms with Crippen LogP contribution in [-0.4, -0.2) is 11.6 Å². The van der Waals surface area contributed by atoms with Gasteiger partial charge in [-0.15, -0.1) is 0 Å². The van der Waals surface area contributed by atoms with Crippen LogP contribution < -0.4 is 0 Å². The van der Waals surface area contributed by atoms with Crippen molar-refractivity contribution >= 4 is 11.6 Å². The number of carbonyl (C=O) groups excluding carboxylic acids is 2. The Labute approximate surface area is 148 Å². The lowest BCUT2D eigenvalue weighted by Crippen LogP contribution is -2.14. The van der Waals surface area contributed by atoms with E-state index < -0.39 is 0 Å². The summed E-state index contributed by atoms with van der Waals surface area (Å²) in [5.41, 5.74) is 4.84. The maximum atomic E-state index is 13.2. The molecule has 0 fully saturated rings. The molecule has 0 aliphatic carbocycles. The highest BCUT2D eigenvalue weighted by atomic mass is 16.1. The van der Waals surface area contributed by atoms with E-state index in [1.54, 1.807) is 6.07 Å². The maximum Gasteiger partial charge on any atom is 0.194 e. The second-order valence-corrected chi connectivity index (χ2v) is 6.29. The van der Waals surface area contributed by atoms with E-state index in [9.17, 15) is 9.59 Å². The van der Waals surface area contributed by atoms with Crippen molar-refractivity contribution in [1.29, 1.82) is 0 Å². The van der Waals surface area contributed by atoms with Crippen molar-refractivity contribution in [2.24, 2.45) is 0 Å². The van der Waals surface area contributed by atoms with Crippen LogP contribution >= 0.6 is 0 Å². The highest BCUT2D eigenvalue weighted by Gasteiger charge is 2.22. The second kappa shape index (κ2) is 6.86. The molecule has 25 heavy (non-hydrogen) atoms. The molecular weight excluding hydrogens is 308 g/mol. The van der Waals surface area contributed by atoms with Crippen molar-refractivity contribution in [2.45, 2.75) is 20.8 Å². The second-order valence-electron chi connectivity index (χ2n) is 6.29. The highest BCUT2D eigenvalue weighted by molar-refractivity contribution is 6.20. The Hall–Kier alpha value is -3.00. The zero-order chi connectivity index (χ0) is 18.0. The molecule has 0 aromatic heterocycles. The Bertz CT molecular complexity index is 967. The van der Waals surface area contributed by atoms with Gasteiger partial charge in [-0.1, -0.05) is 66.7 Å². The summed E-state index contributed by atoms with van der Waals surface area (Å²) in [5.74, 6) is -0.216. The normalized spacial score (nSPS) is 10.5. The van der Waals surface area contributed by atoms with Crippen LogP contribution in [0.3, 0.4) is 0 Å². The van der Waals surface area contributed by atoms with E-state index in [1.165, 1.54) is 0 Å². The first-order valence-electron chi connectivity index (χ1n) is 8.31. The van der Waals surface area contributed by atoms with Crippen LogP contribution in [0.4, 0.5) is 0 Å². The van der Waals surface area contributed by atoms with Gasteiger partial charge in [0.15, 0.2) is 11.6 Å². The molecule has 0 amide bonds. The molecule has 124 valence electrons. The molecule has 2 nitrogen and oxygen atoms in total. The number of benzene rings is 3. The van der Waals surface area contributed by atoms with Gasteiger partial charge in [0.25, 0.3) is 0 Å². The number of hydrogen-bond acceptors (Lipinski definition) is 2. The zero-order valence-electron chi connectivity index (χ0n) is 14.7. The number of hydrogen-bond donors (Lipinski definition) is 0. The van der Waals surface area contributed by atoms with Crippen molar-refractivity contribution in [1.82, 2.24) is 0 Å². The van der Waals surface area contributed by atoms with Crippen molar-refractivity contribution in [3.63, 3.8) is 0 Å². The van der Waals surface area contributed by atoms with Gasteiger partial charge in [0.05, 0.1) is 0 Å². The third-order valence-corrected chi connectivity index (χ3v) is 4.52. The van der Waals surface area contributed by atoms with E-state index >= 15 is 0 Å². The molecule has 0 heterocycles. The molecule has 0 spiro atoms. The first-order chi connectivity index (χ1) is 12.0. The lowest BCUT2D eigenvalue weighted by Gasteiger charge is -2.13. The lowest BCUT2D eigenvalue weighted by atomic mass is 9.88. The van der Waals surface area contributed by atoms with Gasteiger partial charge < -0.3 is 0 Å². The van der Waals surface area contributed by atoms with Crippen molar-refractivity contribution in [2.75, 3.05) is 0 Å². The topological polar surface area (TPSA) is 34.1 Å². The van der Waals surface area contributed by atoms with E-state index in [1.807, 2.05) is 81.4 Å². The van der Waals surface area contributed by atoms with Crippen LogP contribution in [0.15, 0.2) is 66.7 Å². The van der Waals surface area contributed by atoms with E-state index in [-0.39, 0.29) is 11.6 Å². The minimum atomic E-state index is -0.112. The van der Waals surface area contributed by atoms with Gasteiger partial charge >= 0.3 is 0 Å². The zero-order valence-corrected chi connectivity index (χ0v) is 14.7. The number of aryl methyl sites for hydroxylation is 3. The molecule has 2 heteroatoms. The molecule has 0 radical (unpaired) electrons. The summed E-state index contributed by atoms with van der Waals surface area (Å²) < 4.78 is 0. The summed E-state index contributed by atoms with van der Waals surface area (Å²) in [6, 6.07) is 20.4. The Morgan fingerprint density at radius 1 is 0.520 bits per heavy atom. The van der Waals surface area contributed by atoms with Gasteiger partial charge in [-0.2, -0.15) is 0 Å². The molecule has 0 saturated carbocycles. The highest BCUT2D eigenvalue weighted by Crippen LogP contribution is 2.24. The van der Waals surface area contributed by atoms with E-state index in [2.05, 4.69) is 0 Å². The van der Waals surface area contributed by atoms with Gasteiger partial charge in [-0.3, -0.25) is 9.59 Å². The van der Waals surface area contributed by atoms with Crippen LogP contribution in [0.5, 0.6) is 0 Å². The standard InChI is InChI=1S/C23H20O2/c1-15-9-4-6-12-18(15)22(24)20-14-8-11-17(3)21(20)23(25)19-13-7-5-10-16(19)2/h4-14H,1-3H3. The predicted molar refractivity (Wildman–Crippen MR) is 100 cm³/mol. The van der Waals surface area contributed by atoms with Gasteiger partial charge in [0, 0.05) is 22.3 Å². The molecule has 0 aliphatic rings. The fourth-order valence-electron chi connectivity index (χ4n) is 3.09. The molecule has 0 saturated heterocycles. The van der Waals surface area contributed by atoms with Crippen LogP contribution in [-0.2, 0) is 0 Å². The number of carbonyl (C=O) groups is 2. The Morgan fingerprint density at radius 2 is 0.960 bits per heavy atom. The molecular formula is C23H20O2. The van der Waals surface area contributed by atoms with Crippen LogP contribution in [0.2, 0.25) is 0 Å². The van der Waals surface area contributed by atoms with Gasteiger partial charge in [-0.25, -0.2) is 0 Å². The fourth-order valence-corrected chi connectivity index (χ4v) is 3.09. The Kier molecular flexibility index (Phi) is 4.62. The summed E-state index contributed by atoms with van der Waals surface area (Å²) in [5, 5.41) is 0. The minimum Gasteiger partial charge on any atom is -0.289 e. The van der Waals surface area contributed by atoms with Crippen molar-refractivity contribution < 1.29 is 9.59 Å². The summed E-state index contributed by atoms with van der Waals surface area (Å²) in [4.78, 5) is 26.3. The Morgan fingerprint density at radius 3 is 1.52 bits per heavy atom. The first kappa shape index (κ1) is 16.8. The number of ketones is 2. The van der Waals surface area contributed by atoms with Gasteiger partial charge in [0.2, 0.25) is 0 Å². The van der Waals surface area contributed by atoms with Crippen molar-refractivity contribution in [3.8, 4) is 0 Å². The largest absolute Gasteiger partial charge is 0.289 e. The molecule has 0 bridgehead atoms. The molecule has 3 rings (SSSR count). The first-order valence-corrected chi connectivity index (χ1v) is 8.31. The van der Waals surface area contributed by atoms with Gasteiger partial charge in [-0.05, 0) is 37.5 Å². The van der Waals surface area contributed by atoms with E-state index in [4.69, 9.17) is 0 Å². The van der Waals surface area contributed by atoms with Crippen molar-refractivity contribution in [3.05, 3.63) is 106 Å². The van der Waals surface area contributed by atoms with Crippen LogP contribution in [0.1, 0.15) is 48.5 Å². The Balaban J connectivity index is 2.16. The lowest BCUT2D eigenvalue weighted by molar-refractivity contribution is 0.100. The third-order valence-electron chi connectivity index (χ3n) is 4.52.